The van der Waals surface area contributed by atoms with Crippen LogP contribution in [-0.4, -0.2) is 16.8 Å². The average Bonchev–Trinajstić information content (AvgIpc) is 2.51. The van der Waals surface area contributed by atoms with Crippen LogP contribution < -0.4 is 4.74 Å². The molecule has 0 saturated carbocycles. The van der Waals surface area contributed by atoms with Gasteiger partial charge < -0.3 is 9.84 Å². The van der Waals surface area contributed by atoms with E-state index in [-0.39, 0.29) is 5.92 Å². The summed E-state index contributed by atoms with van der Waals surface area (Å²) in [6.45, 7) is 8.21. The van der Waals surface area contributed by atoms with Crippen molar-refractivity contribution in [2.24, 2.45) is 5.92 Å². The van der Waals surface area contributed by atoms with E-state index >= 15 is 0 Å². The molecular weight excluding hydrogens is 208 g/mol. The fraction of sp³-hybridized carbons (Fsp3) is 0.667. The number of thiophene rings is 1. The molecule has 0 amide bonds. The van der Waals surface area contributed by atoms with Crippen LogP contribution in [0.25, 0.3) is 0 Å². The van der Waals surface area contributed by atoms with E-state index in [9.17, 15) is 5.11 Å². The molecule has 2 rings (SSSR count). The van der Waals surface area contributed by atoms with Gasteiger partial charge in [-0.3, -0.25) is 0 Å². The molecule has 1 N–H and O–H groups in total. The quantitative estimate of drug-likeness (QED) is 0.797. The maximum absolute atomic E-state index is 10.3. The molecule has 2 heterocycles. The SMILES string of the molecule is CC(C)C1c2sccc2OC(C)(C)C1O. The Hall–Kier alpha value is -0.540. The minimum atomic E-state index is -0.483. The topological polar surface area (TPSA) is 29.5 Å². The van der Waals surface area contributed by atoms with Gasteiger partial charge >= 0.3 is 0 Å². The molecule has 1 aromatic rings. The molecule has 2 unspecified atom stereocenters. The van der Waals surface area contributed by atoms with Crippen molar-refractivity contribution in [2.45, 2.75) is 45.3 Å². The van der Waals surface area contributed by atoms with E-state index in [2.05, 4.69) is 13.8 Å². The smallest absolute Gasteiger partial charge is 0.134 e. The van der Waals surface area contributed by atoms with Gasteiger partial charge in [0, 0.05) is 5.92 Å². The van der Waals surface area contributed by atoms with Crippen LogP contribution in [-0.2, 0) is 0 Å². The summed E-state index contributed by atoms with van der Waals surface area (Å²) < 4.78 is 5.81. The number of fused-ring (bicyclic) bond motifs is 1. The average molecular weight is 226 g/mol. The van der Waals surface area contributed by atoms with Gasteiger partial charge in [0.1, 0.15) is 17.5 Å². The van der Waals surface area contributed by atoms with Crippen LogP contribution >= 0.6 is 11.3 Å². The number of aliphatic hydroxyl groups excluding tert-OH is 1. The lowest BCUT2D eigenvalue weighted by Crippen LogP contribution is -2.49. The number of aliphatic hydroxyl groups is 1. The minimum absolute atomic E-state index is 0.198. The highest BCUT2D eigenvalue weighted by atomic mass is 32.1. The normalized spacial score (nSPS) is 28.7. The van der Waals surface area contributed by atoms with Gasteiger partial charge in [-0.05, 0) is 31.2 Å². The minimum Gasteiger partial charge on any atom is -0.484 e. The lowest BCUT2D eigenvalue weighted by molar-refractivity contribution is -0.0647. The lowest BCUT2D eigenvalue weighted by Gasteiger charge is -2.42. The maximum Gasteiger partial charge on any atom is 0.134 e. The molecule has 0 fully saturated rings. The third-order valence-electron chi connectivity index (χ3n) is 3.10. The van der Waals surface area contributed by atoms with Crippen molar-refractivity contribution in [3.05, 3.63) is 16.3 Å². The first-order valence-electron chi connectivity index (χ1n) is 5.38. The number of hydrogen-bond acceptors (Lipinski definition) is 3. The first kappa shape index (κ1) is 11.0. The molecule has 0 spiro atoms. The molecule has 2 nitrogen and oxygen atoms in total. The molecule has 1 aliphatic rings. The van der Waals surface area contributed by atoms with Gasteiger partial charge in [0.05, 0.1) is 4.88 Å². The van der Waals surface area contributed by atoms with Gasteiger partial charge in [-0.2, -0.15) is 0 Å². The monoisotopic (exact) mass is 226 g/mol. The predicted molar refractivity (Wildman–Crippen MR) is 62.6 cm³/mol. The number of hydrogen-bond donors (Lipinski definition) is 1. The Bertz CT molecular complexity index is 354. The maximum atomic E-state index is 10.3. The Balaban J connectivity index is 2.46. The van der Waals surface area contributed by atoms with Gasteiger partial charge in [0.2, 0.25) is 0 Å². The summed E-state index contributed by atoms with van der Waals surface area (Å²) >= 11 is 1.68. The molecule has 0 aromatic carbocycles. The van der Waals surface area contributed by atoms with Crippen molar-refractivity contribution < 1.29 is 9.84 Å². The first-order chi connectivity index (χ1) is 6.93. The molecule has 2 atom stereocenters. The van der Waals surface area contributed by atoms with Crippen LogP contribution in [0.4, 0.5) is 0 Å². The highest BCUT2D eigenvalue weighted by Gasteiger charge is 2.44. The Morgan fingerprint density at radius 2 is 2.13 bits per heavy atom. The molecule has 15 heavy (non-hydrogen) atoms. The zero-order valence-corrected chi connectivity index (χ0v) is 10.5. The summed E-state index contributed by atoms with van der Waals surface area (Å²) in [4.78, 5) is 1.19. The van der Waals surface area contributed by atoms with Crippen molar-refractivity contribution in [2.75, 3.05) is 0 Å². The van der Waals surface area contributed by atoms with Gasteiger partial charge in [-0.15, -0.1) is 11.3 Å². The van der Waals surface area contributed by atoms with E-state index in [0.29, 0.717) is 5.92 Å². The molecular formula is C12H18O2S. The van der Waals surface area contributed by atoms with E-state index in [0.717, 1.165) is 5.75 Å². The van der Waals surface area contributed by atoms with E-state index in [1.165, 1.54) is 4.88 Å². The fourth-order valence-electron chi connectivity index (χ4n) is 2.22. The van der Waals surface area contributed by atoms with Crippen molar-refractivity contribution in [3.63, 3.8) is 0 Å². The van der Waals surface area contributed by atoms with E-state index in [1.807, 2.05) is 25.3 Å². The highest BCUT2D eigenvalue weighted by molar-refractivity contribution is 7.10. The predicted octanol–water partition coefficient (Wildman–Crippen LogP) is 3.02. The van der Waals surface area contributed by atoms with Crippen molar-refractivity contribution in [1.82, 2.24) is 0 Å². The van der Waals surface area contributed by atoms with Crippen LogP contribution in [0.5, 0.6) is 5.75 Å². The Kier molecular flexibility index (Phi) is 2.55. The van der Waals surface area contributed by atoms with Gasteiger partial charge in [-0.1, -0.05) is 13.8 Å². The van der Waals surface area contributed by atoms with Crippen LogP contribution in [0, 0.1) is 5.92 Å². The van der Waals surface area contributed by atoms with Crippen molar-refractivity contribution >= 4 is 11.3 Å². The summed E-state index contributed by atoms with van der Waals surface area (Å²) in [7, 11) is 0. The summed E-state index contributed by atoms with van der Waals surface area (Å²) in [5.74, 6) is 1.58. The molecule has 1 aromatic heterocycles. The second-order valence-electron chi connectivity index (χ2n) is 5.07. The van der Waals surface area contributed by atoms with Gasteiger partial charge in [0.25, 0.3) is 0 Å². The standard InChI is InChI=1S/C12H18O2S/c1-7(2)9-10-8(5-6-15-10)14-12(3,4)11(9)13/h5-7,9,11,13H,1-4H3. The van der Waals surface area contributed by atoms with Crippen molar-refractivity contribution in [1.29, 1.82) is 0 Å². The molecule has 0 bridgehead atoms. The Morgan fingerprint density at radius 1 is 1.47 bits per heavy atom. The van der Waals surface area contributed by atoms with Gasteiger partial charge in [0.15, 0.2) is 0 Å². The molecule has 0 radical (unpaired) electrons. The Labute approximate surface area is 94.9 Å². The van der Waals surface area contributed by atoms with Crippen LogP contribution in [0.3, 0.4) is 0 Å². The molecule has 0 aliphatic carbocycles. The second kappa shape index (κ2) is 3.49. The van der Waals surface area contributed by atoms with Crippen LogP contribution in [0.2, 0.25) is 0 Å². The lowest BCUT2D eigenvalue weighted by atomic mass is 9.79. The van der Waals surface area contributed by atoms with E-state index < -0.39 is 11.7 Å². The van der Waals surface area contributed by atoms with Crippen LogP contribution in [0.15, 0.2) is 11.4 Å². The summed E-state index contributed by atoms with van der Waals surface area (Å²) in [6, 6.07) is 2.00. The zero-order chi connectivity index (χ0) is 11.2. The van der Waals surface area contributed by atoms with Crippen molar-refractivity contribution in [3.8, 4) is 5.75 Å². The third-order valence-corrected chi connectivity index (χ3v) is 4.10. The summed E-state index contributed by atoms with van der Waals surface area (Å²) in [5.41, 5.74) is -0.483. The number of rotatable bonds is 1. The van der Waals surface area contributed by atoms with Crippen LogP contribution in [0.1, 0.15) is 38.5 Å². The fourth-order valence-corrected chi connectivity index (χ4v) is 3.35. The number of ether oxygens (including phenoxy) is 1. The summed E-state index contributed by atoms with van der Waals surface area (Å²) in [5, 5.41) is 12.3. The molecule has 3 heteroatoms. The zero-order valence-electron chi connectivity index (χ0n) is 9.65. The van der Waals surface area contributed by atoms with E-state index in [1.54, 1.807) is 11.3 Å². The van der Waals surface area contributed by atoms with Gasteiger partial charge in [-0.25, -0.2) is 0 Å². The highest BCUT2D eigenvalue weighted by Crippen LogP contribution is 2.47. The summed E-state index contributed by atoms with van der Waals surface area (Å²) in [6.07, 6.45) is -0.427. The first-order valence-corrected chi connectivity index (χ1v) is 6.26. The second-order valence-corrected chi connectivity index (χ2v) is 6.02. The molecule has 1 aliphatic heterocycles. The van der Waals surface area contributed by atoms with E-state index in [4.69, 9.17) is 4.74 Å². The molecule has 0 saturated heterocycles. The third kappa shape index (κ3) is 1.68. The largest absolute Gasteiger partial charge is 0.484 e. The Morgan fingerprint density at radius 3 is 2.73 bits per heavy atom. The molecule has 84 valence electrons.